The topological polar surface area (TPSA) is 79.8 Å². The average molecular weight is 501 g/mol. The molecule has 0 fully saturated rings. The molecule has 1 amide bonds. The number of hydroxylamine groups is 1. The molecule has 3 aromatic carbocycles. The third-order valence-corrected chi connectivity index (χ3v) is 5.18. The van der Waals surface area contributed by atoms with Gasteiger partial charge in [-0.2, -0.15) is 13.2 Å². The number of hydrogen-bond donors (Lipinski definition) is 3. The molecule has 1 atom stereocenters. The summed E-state index contributed by atoms with van der Waals surface area (Å²) < 4.78 is 50.2. The van der Waals surface area contributed by atoms with Crippen LogP contribution in [0.4, 0.5) is 13.2 Å². The van der Waals surface area contributed by atoms with Crippen molar-refractivity contribution < 1.29 is 32.6 Å². The molecule has 3 rings (SSSR count). The van der Waals surface area contributed by atoms with E-state index in [9.17, 15) is 18.0 Å². The van der Waals surface area contributed by atoms with Crippen LogP contribution in [-0.2, 0) is 11.0 Å². The number of carbonyl (C=O) groups is 1. The Kier molecular flexibility index (Phi) is 9.91. The Morgan fingerprint density at radius 3 is 2.22 bits per heavy atom. The minimum Gasteiger partial charge on any atom is -0.492 e. The fourth-order valence-corrected chi connectivity index (χ4v) is 3.33. The Balaban J connectivity index is 1.45. The standard InChI is InChI=1S/C27H27F3N2O4/c28-27(29,30)22-9-13-24(14-10-22)36-25(21-4-2-1-3-5-21)16-17-31-18-19-35-23-11-6-20(7-12-23)8-15-26(33)32-34/h1-15,25,31,34H,16-19H2,(H,32,33)/b15-8+. The van der Waals surface area contributed by atoms with Crippen molar-refractivity contribution in [3.8, 4) is 11.5 Å². The van der Waals surface area contributed by atoms with Crippen molar-refractivity contribution in [2.45, 2.75) is 18.7 Å². The van der Waals surface area contributed by atoms with Gasteiger partial charge in [-0.25, -0.2) is 5.48 Å². The minimum absolute atomic E-state index is 0.329. The molecule has 0 aromatic heterocycles. The molecule has 36 heavy (non-hydrogen) atoms. The van der Waals surface area contributed by atoms with Crippen LogP contribution in [0.25, 0.3) is 6.08 Å². The van der Waals surface area contributed by atoms with Crippen LogP contribution in [0.5, 0.6) is 11.5 Å². The van der Waals surface area contributed by atoms with Gasteiger partial charge in [0.1, 0.15) is 24.2 Å². The van der Waals surface area contributed by atoms with Gasteiger partial charge in [-0.05, 0) is 60.1 Å². The number of alkyl halides is 3. The van der Waals surface area contributed by atoms with Crippen LogP contribution in [0.2, 0.25) is 0 Å². The summed E-state index contributed by atoms with van der Waals surface area (Å²) in [4.78, 5) is 11.0. The first-order chi connectivity index (χ1) is 17.3. The van der Waals surface area contributed by atoms with E-state index in [-0.39, 0.29) is 6.10 Å². The van der Waals surface area contributed by atoms with E-state index in [1.807, 2.05) is 30.3 Å². The Morgan fingerprint density at radius 1 is 0.917 bits per heavy atom. The molecule has 3 N–H and O–H groups in total. The normalized spacial score (nSPS) is 12.3. The largest absolute Gasteiger partial charge is 0.492 e. The Labute approximate surface area is 207 Å². The van der Waals surface area contributed by atoms with Gasteiger partial charge in [0.2, 0.25) is 0 Å². The smallest absolute Gasteiger partial charge is 0.416 e. The molecule has 0 spiro atoms. The van der Waals surface area contributed by atoms with Crippen molar-refractivity contribution in [1.82, 2.24) is 10.8 Å². The Bertz CT molecular complexity index is 1100. The van der Waals surface area contributed by atoms with Gasteiger partial charge in [0, 0.05) is 19.0 Å². The molecular weight excluding hydrogens is 473 g/mol. The third-order valence-electron chi connectivity index (χ3n) is 5.18. The number of halogens is 3. The van der Waals surface area contributed by atoms with E-state index in [4.69, 9.17) is 14.7 Å². The van der Waals surface area contributed by atoms with Crippen LogP contribution < -0.4 is 20.3 Å². The van der Waals surface area contributed by atoms with Crippen LogP contribution in [-0.4, -0.2) is 30.8 Å². The molecule has 0 bridgehead atoms. The van der Waals surface area contributed by atoms with E-state index in [0.29, 0.717) is 37.6 Å². The summed E-state index contributed by atoms with van der Waals surface area (Å²) in [6, 6.07) is 21.3. The molecule has 0 aliphatic rings. The van der Waals surface area contributed by atoms with Gasteiger partial charge in [0.15, 0.2) is 0 Å². The molecule has 0 saturated carbocycles. The van der Waals surface area contributed by atoms with Gasteiger partial charge in [0.25, 0.3) is 5.91 Å². The van der Waals surface area contributed by atoms with Crippen LogP contribution in [0.15, 0.2) is 84.9 Å². The number of hydrogen-bond acceptors (Lipinski definition) is 5. The maximum atomic E-state index is 12.8. The fourth-order valence-electron chi connectivity index (χ4n) is 3.33. The van der Waals surface area contributed by atoms with Crippen molar-refractivity contribution >= 4 is 12.0 Å². The number of ether oxygens (including phenoxy) is 2. The highest BCUT2D eigenvalue weighted by molar-refractivity contribution is 5.90. The molecule has 0 aliphatic heterocycles. The highest BCUT2D eigenvalue weighted by Gasteiger charge is 2.30. The van der Waals surface area contributed by atoms with Crippen LogP contribution >= 0.6 is 0 Å². The highest BCUT2D eigenvalue weighted by Crippen LogP contribution is 2.31. The SMILES string of the molecule is O=C(/C=C/c1ccc(OCCNCCC(Oc2ccc(C(F)(F)F)cc2)c2ccccc2)cc1)NO. The van der Waals surface area contributed by atoms with E-state index in [1.54, 1.807) is 30.3 Å². The minimum atomic E-state index is -4.39. The quantitative estimate of drug-likeness (QED) is 0.134. The molecule has 0 heterocycles. The molecule has 0 radical (unpaired) electrons. The zero-order valence-corrected chi connectivity index (χ0v) is 19.4. The first-order valence-corrected chi connectivity index (χ1v) is 11.3. The first-order valence-electron chi connectivity index (χ1n) is 11.3. The van der Waals surface area contributed by atoms with Gasteiger partial charge in [-0.1, -0.05) is 42.5 Å². The zero-order valence-electron chi connectivity index (χ0n) is 19.4. The van der Waals surface area contributed by atoms with Crippen LogP contribution in [0.1, 0.15) is 29.2 Å². The average Bonchev–Trinajstić information content (AvgIpc) is 2.89. The number of carbonyl (C=O) groups excluding carboxylic acids is 1. The fraction of sp³-hybridized carbons (Fsp3) is 0.222. The van der Waals surface area contributed by atoms with Gasteiger partial charge in [-0.15, -0.1) is 0 Å². The molecular formula is C27H27F3N2O4. The second-order valence-corrected chi connectivity index (χ2v) is 7.80. The molecule has 1 unspecified atom stereocenters. The molecule has 0 saturated heterocycles. The summed E-state index contributed by atoms with van der Waals surface area (Å²) in [6.07, 6.45) is -1.34. The maximum Gasteiger partial charge on any atom is 0.416 e. The van der Waals surface area contributed by atoms with Gasteiger partial charge >= 0.3 is 6.18 Å². The number of amides is 1. The van der Waals surface area contributed by atoms with Crippen LogP contribution in [0, 0.1) is 0 Å². The summed E-state index contributed by atoms with van der Waals surface area (Å²) in [5.74, 6) is 0.435. The van der Waals surface area contributed by atoms with Crippen molar-refractivity contribution in [2.75, 3.05) is 19.7 Å². The Hall–Kier alpha value is -3.82. The molecule has 190 valence electrons. The number of benzene rings is 3. The lowest BCUT2D eigenvalue weighted by molar-refractivity contribution is -0.137. The predicted molar refractivity (Wildman–Crippen MR) is 130 cm³/mol. The van der Waals surface area contributed by atoms with Crippen molar-refractivity contribution in [1.29, 1.82) is 0 Å². The van der Waals surface area contributed by atoms with Gasteiger partial charge < -0.3 is 14.8 Å². The van der Waals surface area contributed by atoms with E-state index in [2.05, 4.69) is 5.32 Å². The van der Waals surface area contributed by atoms with Gasteiger partial charge in [-0.3, -0.25) is 10.0 Å². The second-order valence-electron chi connectivity index (χ2n) is 7.80. The molecule has 3 aromatic rings. The summed E-state index contributed by atoms with van der Waals surface area (Å²) in [5, 5.41) is 11.8. The van der Waals surface area contributed by atoms with E-state index in [0.717, 1.165) is 23.3 Å². The summed E-state index contributed by atoms with van der Waals surface area (Å²) in [5.41, 5.74) is 2.52. The zero-order chi connectivity index (χ0) is 25.8. The van der Waals surface area contributed by atoms with E-state index in [1.165, 1.54) is 23.7 Å². The summed E-state index contributed by atoms with van der Waals surface area (Å²) in [7, 11) is 0. The molecule has 9 heteroatoms. The van der Waals surface area contributed by atoms with Gasteiger partial charge in [0.05, 0.1) is 5.56 Å². The van der Waals surface area contributed by atoms with Crippen molar-refractivity contribution in [3.05, 3.63) is 102 Å². The summed E-state index contributed by atoms with van der Waals surface area (Å²) in [6.45, 7) is 1.62. The summed E-state index contributed by atoms with van der Waals surface area (Å²) >= 11 is 0. The van der Waals surface area contributed by atoms with Crippen molar-refractivity contribution in [2.24, 2.45) is 0 Å². The lowest BCUT2D eigenvalue weighted by atomic mass is 10.1. The van der Waals surface area contributed by atoms with E-state index < -0.39 is 17.6 Å². The molecule has 0 aliphatic carbocycles. The lowest BCUT2D eigenvalue weighted by Gasteiger charge is -2.20. The van der Waals surface area contributed by atoms with Crippen molar-refractivity contribution in [3.63, 3.8) is 0 Å². The Morgan fingerprint density at radius 2 is 1.58 bits per heavy atom. The van der Waals surface area contributed by atoms with E-state index >= 15 is 0 Å². The number of nitrogens with one attached hydrogen (secondary N) is 2. The second kappa shape index (κ2) is 13.3. The van der Waals surface area contributed by atoms with Crippen LogP contribution in [0.3, 0.4) is 0 Å². The molecule has 6 nitrogen and oxygen atoms in total. The third kappa shape index (κ3) is 8.75. The monoisotopic (exact) mass is 500 g/mol. The number of rotatable bonds is 12. The first kappa shape index (κ1) is 26.8. The highest BCUT2D eigenvalue weighted by atomic mass is 19.4. The predicted octanol–water partition coefficient (Wildman–Crippen LogP) is 5.40. The lowest BCUT2D eigenvalue weighted by Crippen LogP contribution is -2.24. The maximum absolute atomic E-state index is 12.8.